The fourth-order valence-corrected chi connectivity index (χ4v) is 1.82. The Balaban J connectivity index is 2.31. The molecule has 0 amide bonds. The number of aryl methyl sites for hydroxylation is 1. The first kappa shape index (κ1) is 13.1. The molecule has 0 saturated heterocycles. The van der Waals surface area contributed by atoms with Crippen molar-refractivity contribution in [1.82, 2.24) is 9.78 Å². The van der Waals surface area contributed by atoms with E-state index in [1.165, 1.54) is 30.0 Å². The van der Waals surface area contributed by atoms with Crippen molar-refractivity contribution in [3.05, 3.63) is 47.0 Å². The van der Waals surface area contributed by atoms with Crippen LogP contribution in [0.3, 0.4) is 0 Å². The average Bonchev–Trinajstić information content (AvgIpc) is 2.70. The van der Waals surface area contributed by atoms with E-state index in [1.807, 2.05) is 0 Å². The van der Waals surface area contributed by atoms with Crippen LogP contribution >= 0.6 is 0 Å². The highest BCUT2D eigenvalue weighted by Gasteiger charge is 2.13. The second-order valence-corrected chi connectivity index (χ2v) is 4.10. The van der Waals surface area contributed by atoms with E-state index >= 15 is 0 Å². The van der Waals surface area contributed by atoms with Crippen LogP contribution in [-0.2, 0) is 6.54 Å². The van der Waals surface area contributed by atoms with Crippen LogP contribution in [0, 0.1) is 12.7 Å². The quantitative estimate of drug-likeness (QED) is 0.918. The van der Waals surface area contributed by atoms with Crippen LogP contribution in [0.2, 0.25) is 0 Å². The van der Waals surface area contributed by atoms with Crippen molar-refractivity contribution in [3.8, 4) is 5.75 Å². The van der Waals surface area contributed by atoms with Gasteiger partial charge in [-0.2, -0.15) is 5.10 Å². The summed E-state index contributed by atoms with van der Waals surface area (Å²) >= 11 is 0. The Morgan fingerprint density at radius 2 is 2.21 bits per heavy atom. The highest BCUT2D eigenvalue weighted by Crippen LogP contribution is 2.18. The molecule has 0 aliphatic carbocycles. The van der Waals surface area contributed by atoms with Gasteiger partial charge in [-0.3, -0.25) is 4.68 Å². The molecule has 0 spiro atoms. The predicted molar refractivity (Wildman–Crippen MR) is 66.0 cm³/mol. The normalized spacial score (nSPS) is 10.5. The topological polar surface area (TPSA) is 64.4 Å². The molecule has 1 aromatic heterocycles. The van der Waals surface area contributed by atoms with E-state index in [0.29, 0.717) is 11.3 Å². The highest BCUT2D eigenvalue weighted by molar-refractivity contribution is 5.85. The van der Waals surface area contributed by atoms with Gasteiger partial charge in [0.05, 0.1) is 19.3 Å². The molecule has 0 fully saturated rings. The number of carboxylic acids is 1. The van der Waals surface area contributed by atoms with E-state index < -0.39 is 11.8 Å². The highest BCUT2D eigenvalue weighted by atomic mass is 19.1. The lowest BCUT2D eigenvalue weighted by molar-refractivity contribution is 0.0684. The van der Waals surface area contributed by atoms with Crippen molar-refractivity contribution < 1.29 is 19.0 Å². The Labute approximate surface area is 109 Å². The molecule has 0 bridgehead atoms. The van der Waals surface area contributed by atoms with E-state index in [2.05, 4.69) is 5.10 Å². The molecular formula is C13H13FN2O3. The molecule has 5 nitrogen and oxygen atoms in total. The Kier molecular flexibility index (Phi) is 3.50. The summed E-state index contributed by atoms with van der Waals surface area (Å²) in [6.07, 6.45) is 0. The molecule has 0 saturated carbocycles. The van der Waals surface area contributed by atoms with Gasteiger partial charge >= 0.3 is 5.97 Å². The van der Waals surface area contributed by atoms with E-state index in [1.54, 1.807) is 13.0 Å². The summed E-state index contributed by atoms with van der Waals surface area (Å²) in [6, 6.07) is 5.95. The van der Waals surface area contributed by atoms with E-state index in [9.17, 15) is 9.18 Å². The van der Waals surface area contributed by atoms with Crippen molar-refractivity contribution in [2.24, 2.45) is 0 Å². The molecule has 1 heterocycles. The minimum Gasteiger partial charge on any atom is -0.494 e. The van der Waals surface area contributed by atoms with Crippen LogP contribution in [0.1, 0.15) is 21.7 Å². The monoisotopic (exact) mass is 264 g/mol. The van der Waals surface area contributed by atoms with Crippen LogP contribution in [0.15, 0.2) is 24.3 Å². The lowest BCUT2D eigenvalue weighted by Crippen LogP contribution is -2.11. The fourth-order valence-electron chi connectivity index (χ4n) is 1.82. The van der Waals surface area contributed by atoms with Crippen molar-refractivity contribution in [2.75, 3.05) is 7.11 Å². The first-order valence-corrected chi connectivity index (χ1v) is 5.61. The number of hydrogen-bond donors (Lipinski definition) is 1. The molecule has 0 aliphatic rings. The number of rotatable bonds is 4. The Hall–Kier alpha value is -2.37. The second-order valence-electron chi connectivity index (χ2n) is 4.10. The van der Waals surface area contributed by atoms with Crippen LogP contribution in [0.4, 0.5) is 4.39 Å². The maximum Gasteiger partial charge on any atom is 0.354 e. The molecule has 0 aliphatic heterocycles. The molecule has 0 radical (unpaired) electrons. The van der Waals surface area contributed by atoms with Crippen LogP contribution in [0.5, 0.6) is 5.75 Å². The summed E-state index contributed by atoms with van der Waals surface area (Å²) in [6.45, 7) is 1.90. The zero-order valence-electron chi connectivity index (χ0n) is 10.6. The molecule has 1 aromatic carbocycles. The van der Waals surface area contributed by atoms with Gasteiger partial charge in [-0.15, -0.1) is 0 Å². The number of ether oxygens (including phenoxy) is 1. The second kappa shape index (κ2) is 5.09. The zero-order chi connectivity index (χ0) is 14.0. The third kappa shape index (κ3) is 2.73. The van der Waals surface area contributed by atoms with E-state index in [4.69, 9.17) is 9.84 Å². The molecule has 1 N–H and O–H groups in total. The minimum absolute atomic E-state index is 0.0775. The van der Waals surface area contributed by atoms with Crippen molar-refractivity contribution >= 4 is 5.97 Å². The van der Waals surface area contributed by atoms with Crippen molar-refractivity contribution in [3.63, 3.8) is 0 Å². The van der Waals surface area contributed by atoms with Crippen molar-refractivity contribution in [1.29, 1.82) is 0 Å². The number of methoxy groups -OCH3 is 1. The van der Waals surface area contributed by atoms with Gasteiger partial charge < -0.3 is 9.84 Å². The van der Waals surface area contributed by atoms with E-state index in [0.717, 1.165) is 0 Å². The molecule has 19 heavy (non-hydrogen) atoms. The maximum absolute atomic E-state index is 13.5. The molecule has 0 unspecified atom stereocenters. The van der Waals surface area contributed by atoms with Gasteiger partial charge in [-0.05, 0) is 30.7 Å². The number of carbonyl (C=O) groups is 1. The maximum atomic E-state index is 13.5. The number of carboxylic acid groups (broad SMARTS) is 1. The minimum atomic E-state index is -1.06. The van der Waals surface area contributed by atoms with Crippen molar-refractivity contribution in [2.45, 2.75) is 13.5 Å². The number of aromatic carboxylic acids is 1. The smallest absolute Gasteiger partial charge is 0.354 e. The summed E-state index contributed by atoms with van der Waals surface area (Å²) < 4.78 is 19.7. The van der Waals surface area contributed by atoms with Gasteiger partial charge in [0.2, 0.25) is 0 Å². The van der Waals surface area contributed by atoms with Crippen LogP contribution < -0.4 is 4.74 Å². The van der Waals surface area contributed by atoms with Gasteiger partial charge in [-0.1, -0.05) is 6.07 Å². The summed E-state index contributed by atoms with van der Waals surface area (Å²) in [4.78, 5) is 11.0. The van der Waals surface area contributed by atoms with Crippen LogP contribution in [0.25, 0.3) is 0 Å². The molecule has 6 heteroatoms. The number of benzene rings is 1. The van der Waals surface area contributed by atoms with Gasteiger partial charge in [0, 0.05) is 0 Å². The summed E-state index contributed by atoms with van der Waals surface area (Å²) in [5.41, 5.74) is 1.30. The number of aromatic nitrogens is 2. The zero-order valence-corrected chi connectivity index (χ0v) is 10.6. The SMILES string of the molecule is COc1ccc(Cn2nc(C)cc2C(=O)O)cc1F. The molecule has 2 aromatic rings. The molecule has 100 valence electrons. The van der Waals surface area contributed by atoms with Gasteiger partial charge in [0.25, 0.3) is 0 Å². The Morgan fingerprint density at radius 3 is 2.79 bits per heavy atom. The van der Waals surface area contributed by atoms with Gasteiger partial charge in [0.1, 0.15) is 5.69 Å². The standard InChI is InChI=1S/C13H13FN2O3/c1-8-5-11(13(17)18)16(15-8)7-9-3-4-12(19-2)10(14)6-9/h3-6H,7H2,1-2H3,(H,17,18). The summed E-state index contributed by atoms with van der Waals surface area (Å²) in [5, 5.41) is 13.1. The number of hydrogen-bond acceptors (Lipinski definition) is 3. The van der Waals surface area contributed by atoms with Gasteiger partial charge in [-0.25, -0.2) is 9.18 Å². The summed E-state index contributed by atoms with van der Waals surface area (Å²) in [5.74, 6) is -1.39. The predicted octanol–water partition coefficient (Wildman–Crippen LogP) is 2.09. The first-order chi connectivity index (χ1) is 9.01. The Bertz CT molecular complexity index is 622. The Morgan fingerprint density at radius 1 is 1.47 bits per heavy atom. The third-order valence-electron chi connectivity index (χ3n) is 2.67. The molecule has 2 rings (SSSR count). The van der Waals surface area contributed by atoms with E-state index in [-0.39, 0.29) is 18.0 Å². The fraction of sp³-hybridized carbons (Fsp3) is 0.231. The van der Waals surface area contributed by atoms with Crippen LogP contribution in [-0.4, -0.2) is 28.0 Å². The molecular weight excluding hydrogens is 251 g/mol. The van der Waals surface area contributed by atoms with Gasteiger partial charge in [0.15, 0.2) is 11.6 Å². The summed E-state index contributed by atoms with van der Waals surface area (Å²) in [7, 11) is 1.39. The average molecular weight is 264 g/mol. The lowest BCUT2D eigenvalue weighted by Gasteiger charge is -2.07. The lowest BCUT2D eigenvalue weighted by atomic mass is 10.2. The number of nitrogens with zero attached hydrogens (tertiary/aromatic N) is 2. The third-order valence-corrected chi connectivity index (χ3v) is 2.67. The molecule has 0 atom stereocenters. The first-order valence-electron chi connectivity index (χ1n) is 5.61. The number of halogens is 1. The largest absolute Gasteiger partial charge is 0.494 e.